The maximum absolute atomic E-state index is 11.4. The summed E-state index contributed by atoms with van der Waals surface area (Å²) in [6.07, 6.45) is 1.45. The van der Waals surface area contributed by atoms with Crippen molar-refractivity contribution in [2.75, 3.05) is 11.9 Å². The van der Waals surface area contributed by atoms with Crippen molar-refractivity contribution in [2.45, 2.75) is 18.9 Å². The molecule has 1 atom stereocenters. The van der Waals surface area contributed by atoms with E-state index >= 15 is 0 Å². The van der Waals surface area contributed by atoms with Crippen LogP contribution in [0.1, 0.15) is 12.8 Å². The Hall–Kier alpha value is -1.01. The third kappa shape index (κ3) is 2.02. The molecule has 0 aliphatic carbocycles. The van der Waals surface area contributed by atoms with E-state index in [1.165, 1.54) is 11.3 Å². The lowest BCUT2D eigenvalue weighted by atomic mass is 10.2. The van der Waals surface area contributed by atoms with E-state index in [0.717, 1.165) is 12.8 Å². The number of nitrogens with one attached hydrogen (secondary N) is 1. The summed E-state index contributed by atoms with van der Waals surface area (Å²) in [6.45, 7) is 0.675. The quantitative estimate of drug-likeness (QED) is 0.759. The third-order valence-electron chi connectivity index (χ3n) is 1.81. The summed E-state index contributed by atoms with van der Waals surface area (Å²) >= 11 is 1.30. The van der Waals surface area contributed by atoms with E-state index < -0.39 is 0 Å². The minimum absolute atomic E-state index is 0.116. The fraction of sp³-hybridized carbons (Fsp3) is 0.571. The van der Waals surface area contributed by atoms with Crippen LogP contribution in [-0.2, 0) is 9.53 Å². The zero-order valence-electron chi connectivity index (χ0n) is 6.90. The molecule has 1 saturated heterocycles. The first-order valence-electron chi connectivity index (χ1n) is 4.05. The van der Waals surface area contributed by atoms with Crippen LogP contribution in [0, 0.1) is 0 Å². The van der Waals surface area contributed by atoms with Gasteiger partial charge in [0.05, 0.1) is 0 Å². The predicted octanol–water partition coefficient (Wildman–Crippen LogP) is 0.656. The molecule has 1 fully saturated rings. The number of rotatable bonds is 2. The van der Waals surface area contributed by atoms with Gasteiger partial charge in [-0.3, -0.25) is 10.1 Å². The summed E-state index contributed by atoms with van der Waals surface area (Å²) in [5.74, 6) is -0.116. The Morgan fingerprint density at radius 2 is 2.69 bits per heavy atom. The molecule has 1 aromatic rings. The summed E-state index contributed by atoms with van der Waals surface area (Å²) in [5, 5.41) is 10.5. The Labute approximate surface area is 79.1 Å². The molecule has 13 heavy (non-hydrogen) atoms. The van der Waals surface area contributed by atoms with E-state index in [1.54, 1.807) is 5.51 Å². The van der Waals surface area contributed by atoms with Gasteiger partial charge in [0, 0.05) is 6.61 Å². The molecule has 2 heterocycles. The van der Waals surface area contributed by atoms with Gasteiger partial charge < -0.3 is 4.74 Å². The van der Waals surface area contributed by atoms with Crippen molar-refractivity contribution >= 4 is 22.4 Å². The van der Waals surface area contributed by atoms with E-state index in [-0.39, 0.29) is 12.0 Å². The van der Waals surface area contributed by atoms with Crippen molar-refractivity contribution in [3.8, 4) is 0 Å². The molecule has 0 saturated carbocycles. The fourth-order valence-electron chi connectivity index (χ4n) is 1.20. The largest absolute Gasteiger partial charge is 0.368 e. The molecule has 1 N–H and O–H groups in total. The first-order chi connectivity index (χ1) is 6.36. The van der Waals surface area contributed by atoms with Crippen LogP contribution in [-0.4, -0.2) is 28.8 Å². The van der Waals surface area contributed by atoms with E-state index in [2.05, 4.69) is 15.5 Å². The molecule has 1 aliphatic rings. The van der Waals surface area contributed by atoms with Gasteiger partial charge >= 0.3 is 0 Å². The highest BCUT2D eigenvalue weighted by molar-refractivity contribution is 7.13. The van der Waals surface area contributed by atoms with Crippen molar-refractivity contribution in [1.29, 1.82) is 0 Å². The monoisotopic (exact) mass is 199 g/mol. The van der Waals surface area contributed by atoms with Gasteiger partial charge in [0.15, 0.2) is 0 Å². The summed E-state index contributed by atoms with van der Waals surface area (Å²) in [7, 11) is 0. The first kappa shape index (κ1) is 8.58. The van der Waals surface area contributed by atoms with Crippen LogP contribution >= 0.6 is 11.3 Å². The average Bonchev–Trinajstić information content (AvgIpc) is 2.74. The maximum atomic E-state index is 11.4. The fourth-order valence-corrected chi connectivity index (χ4v) is 1.65. The summed E-state index contributed by atoms with van der Waals surface area (Å²) < 4.78 is 5.21. The second-order valence-electron chi connectivity index (χ2n) is 2.73. The molecule has 2 rings (SSSR count). The minimum Gasteiger partial charge on any atom is -0.368 e. The van der Waals surface area contributed by atoms with Crippen LogP contribution in [0.25, 0.3) is 0 Å². The molecule has 1 amide bonds. The Morgan fingerprint density at radius 1 is 1.77 bits per heavy atom. The van der Waals surface area contributed by atoms with Crippen molar-refractivity contribution < 1.29 is 9.53 Å². The van der Waals surface area contributed by atoms with Gasteiger partial charge in [-0.2, -0.15) is 0 Å². The summed E-state index contributed by atoms with van der Waals surface area (Å²) in [6, 6.07) is 0. The topological polar surface area (TPSA) is 64.1 Å². The number of nitrogens with zero attached hydrogens (tertiary/aromatic N) is 2. The molecule has 1 aliphatic heterocycles. The standard InChI is InChI=1S/C7H9N3O2S/c11-6(5-2-1-3-12-5)9-7-10-8-4-13-7/h4-5H,1-3H2,(H,9,10,11)/t5-/m0/s1. The Balaban J connectivity index is 1.91. The Kier molecular flexibility index (Phi) is 2.51. The third-order valence-corrected chi connectivity index (χ3v) is 2.42. The number of carbonyl (C=O) groups is 1. The second-order valence-corrected chi connectivity index (χ2v) is 3.57. The second kappa shape index (κ2) is 3.80. The normalized spacial score (nSPS) is 21.7. The summed E-state index contributed by atoms with van der Waals surface area (Å²) in [5.41, 5.74) is 1.57. The van der Waals surface area contributed by atoms with Crippen LogP contribution in [0.4, 0.5) is 5.13 Å². The maximum Gasteiger partial charge on any atom is 0.255 e. The molecule has 0 bridgehead atoms. The number of ether oxygens (including phenoxy) is 1. The first-order valence-corrected chi connectivity index (χ1v) is 4.93. The van der Waals surface area contributed by atoms with Gasteiger partial charge in [-0.05, 0) is 12.8 Å². The predicted molar refractivity (Wildman–Crippen MR) is 47.5 cm³/mol. The molecule has 5 nitrogen and oxygen atoms in total. The molecular formula is C7H9N3O2S. The van der Waals surface area contributed by atoms with Gasteiger partial charge in [-0.1, -0.05) is 11.3 Å². The number of amides is 1. The van der Waals surface area contributed by atoms with Crippen LogP contribution < -0.4 is 5.32 Å². The zero-order chi connectivity index (χ0) is 9.10. The minimum atomic E-state index is -0.302. The lowest BCUT2D eigenvalue weighted by molar-refractivity contribution is -0.124. The molecule has 70 valence electrons. The number of carbonyl (C=O) groups excluding carboxylic acids is 1. The van der Waals surface area contributed by atoms with Gasteiger partial charge in [-0.15, -0.1) is 10.2 Å². The van der Waals surface area contributed by atoms with Crippen molar-refractivity contribution in [1.82, 2.24) is 10.2 Å². The van der Waals surface area contributed by atoms with Crippen LogP contribution in [0.5, 0.6) is 0 Å². The van der Waals surface area contributed by atoms with Crippen LogP contribution in [0.2, 0.25) is 0 Å². The number of hydrogen-bond acceptors (Lipinski definition) is 5. The molecule has 0 radical (unpaired) electrons. The van der Waals surface area contributed by atoms with Gasteiger partial charge in [0.25, 0.3) is 5.91 Å². The highest BCUT2D eigenvalue weighted by atomic mass is 32.1. The number of aromatic nitrogens is 2. The van der Waals surface area contributed by atoms with E-state index in [4.69, 9.17) is 4.74 Å². The van der Waals surface area contributed by atoms with Crippen molar-refractivity contribution in [2.24, 2.45) is 0 Å². The molecule has 0 unspecified atom stereocenters. The Bertz CT molecular complexity index is 282. The van der Waals surface area contributed by atoms with Crippen LogP contribution in [0.3, 0.4) is 0 Å². The molecular weight excluding hydrogens is 190 g/mol. The highest BCUT2D eigenvalue weighted by Crippen LogP contribution is 2.15. The van der Waals surface area contributed by atoms with Gasteiger partial charge in [0.1, 0.15) is 11.6 Å². The van der Waals surface area contributed by atoms with Gasteiger partial charge in [0.2, 0.25) is 5.13 Å². The Morgan fingerprint density at radius 3 is 3.31 bits per heavy atom. The van der Waals surface area contributed by atoms with E-state index in [9.17, 15) is 4.79 Å². The lowest BCUT2D eigenvalue weighted by Crippen LogP contribution is -2.26. The number of hydrogen-bond donors (Lipinski definition) is 1. The zero-order valence-corrected chi connectivity index (χ0v) is 7.71. The molecule has 0 aromatic carbocycles. The lowest BCUT2D eigenvalue weighted by Gasteiger charge is -2.06. The number of anilines is 1. The molecule has 1 aromatic heterocycles. The van der Waals surface area contributed by atoms with Crippen molar-refractivity contribution in [3.05, 3.63) is 5.51 Å². The highest BCUT2D eigenvalue weighted by Gasteiger charge is 2.23. The molecule has 0 spiro atoms. The van der Waals surface area contributed by atoms with E-state index in [1.807, 2.05) is 0 Å². The summed E-state index contributed by atoms with van der Waals surface area (Å²) in [4.78, 5) is 11.4. The SMILES string of the molecule is O=C(Nc1nncs1)[C@@H]1CCCO1. The van der Waals surface area contributed by atoms with Crippen LogP contribution in [0.15, 0.2) is 5.51 Å². The smallest absolute Gasteiger partial charge is 0.255 e. The molecule has 6 heteroatoms. The van der Waals surface area contributed by atoms with Crippen molar-refractivity contribution in [3.63, 3.8) is 0 Å². The average molecular weight is 199 g/mol. The van der Waals surface area contributed by atoms with E-state index in [0.29, 0.717) is 11.7 Å². The van der Waals surface area contributed by atoms with Gasteiger partial charge in [-0.25, -0.2) is 0 Å².